The molecule has 23 heavy (non-hydrogen) atoms. The van der Waals surface area contributed by atoms with E-state index in [1.165, 1.54) is 35.2 Å². The van der Waals surface area contributed by atoms with E-state index in [0.29, 0.717) is 5.69 Å². The molecule has 0 radical (unpaired) electrons. The van der Waals surface area contributed by atoms with Gasteiger partial charge in [0.2, 0.25) is 0 Å². The molecule has 1 aliphatic rings. The van der Waals surface area contributed by atoms with Crippen LogP contribution in [0.25, 0.3) is 0 Å². The molecule has 0 fully saturated rings. The van der Waals surface area contributed by atoms with Crippen LogP contribution in [-0.2, 0) is 0 Å². The van der Waals surface area contributed by atoms with Crippen LogP contribution in [-0.4, -0.2) is 18.6 Å². The van der Waals surface area contributed by atoms with Crippen LogP contribution in [0.15, 0.2) is 36.4 Å². The van der Waals surface area contributed by atoms with Gasteiger partial charge < -0.3 is 4.90 Å². The van der Waals surface area contributed by atoms with Crippen molar-refractivity contribution in [2.75, 3.05) is 16.5 Å². The maximum Gasteiger partial charge on any atom is 0.262 e. The van der Waals surface area contributed by atoms with Crippen LogP contribution in [0.1, 0.15) is 24.2 Å². The van der Waals surface area contributed by atoms with Crippen LogP contribution in [0, 0.1) is 11.6 Å². The number of anilines is 2. The van der Waals surface area contributed by atoms with E-state index in [1.54, 1.807) is 6.07 Å². The highest BCUT2D eigenvalue weighted by Crippen LogP contribution is 2.36. The fraction of sp³-hybridized carbons (Fsp3) is 0.235. The standard InChI is InChI=1S/C17H15ClF2N2O/c1-10(2)21-9-22(16-13(18)4-3-5-14(16)20)17(23)12-8-11(19)6-7-15(12)21/h3-8,10H,9H2,1-2H3. The highest BCUT2D eigenvalue weighted by molar-refractivity contribution is 6.34. The van der Waals surface area contributed by atoms with Gasteiger partial charge in [0.15, 0.2) is 0 Å². The van der Waals surface area contributed by atoms with Gasteiger partial charge in [-0.25, -0.2) is 8.78 Å². The summed E-state index contributed by atoms with van der Waals surface area (Å²) in [7, 11) is 0. The van der Waals surface area contributed by atoms with Crippen molar-refractivity contribution in [3.8, 4) is 0 Å². The van der Waals surface area contributed by atoms with Crippen molar-refractivity contribution in [2.45, 2.75) is 19.9 Å². The maximum atomic E-state index is 14.2. The molecule has 3 rings (SSSR count). The van der Waals surface area contributed by atoms with E-state index in [-0.39, 0.29) is 29.0 Å². The number of para-hydroxylation sites is 1. The Morgan fingerprint density at radius 2 is 1.91 bits per heavy atom. The lowest BCUT2D eigenvalue weighted by Gasteiger charge is -2.40. The molecule has 6 heteroatoms. The number of nitrogens with zero attached hydrogens (tertiary/aromatic N) is 2. The van der Waals surface area contributed by atoms with Gasteiger partial charge in [0.25, 0.3) is 5.91 Å². The summed E-state index contributed by atoms with van der Waals surface area (Å²) in [4.78, 5) is 15.9. The average molecular weight is 337 g/mol. The minimum Gasteiger partial charge on any atom is -0.350 e. The summed E-state index contributed by atoms with van der Waals surface area (Å²) in [5.74, 6) is -1.57. The third-order valence-corrected chi connectivity index (χ3v) is 4.17. The Bertz CT molecular complexity index is 759. The topological polar surface area (TPSA) is 23.6 Å². The lowest BCUT2D eigenvalue weighted by Crippen LogP contribution is -2.50. The van der Waals surface area contributed by atoms with Crippen molar-refractivity contribution in [1.82, 2.24) is 0 Å². The Balaban J connectivity index is 2.16. The van der Waals surface area contributed by atoms with E-state index in [2.05, 4.69) is 0 Å². The summed E-state index contributed by atoms with van der Waals surface area (Å²) >= 11 is 6.09. The molecule has 0 saturated carbocycles. The first kappa shape index (κ1) is 15.7. The van der Waals surface area contributed by atoms with E-state index in [1.807, 2.05) is 18.7 Å². The van der Waals surface area contributed by atoms with Gasteiger partial charge in [-0.2, -0.15) is 0 Å². The van der Waals surface area contributed by atoms with Crippen LogP contribution in [0.4, 0.5) is 20.2 Å². The number of amides is 1. The monoisotopic (exact) mass is 336 g/mol. The third-order valence-electron chi connectivity index (χ3n) is 3.87. The maximum absolute atomic E-state index is 14.2. The SMILES string of the molecule is CC(C)N1CN(c2c(F)cccc2Cl)C(=O)c2cc(F)ccc21. The zero-order valence-electron chi connectivity index (χ0n) is 12.7. The number of carbonyl (C=O) groups is 1. The van der Waals surface area contributed by atoms with Crippen molar-refractivity contribution in [2.24, 2.45) is 0 Å². The van der Waals surface area contributed by atoms with Crippen molar-refractivity contribution in [3.05, 3.63) is 58.6 Å². The van der Waals surface area contributed by atoms with Gasteiger partial charge in [-0.1, -0.05) is 17.7 Å². The average Bonchev–Trinajstić information content (AvgIpc) is 2.49. The molecule has 0 atom stereocenters. The molecule has 3 nitrogen and oxygen atoms in total. The predicted molar refractivity (Wildman–Crippen MR) is 87.1 cm³/mol. The van der Waals surface area contributed by atoms with Crippen LogP contribution in [0.5, 0.6) is 0 Å². The smallest absolute Gasteiger partial charge is 0.262 e. The Hall–Kier alpha value is -2.14. The largest absolute Gasteiger partial charge is 0.350 e. The van der Waals surface area contributed by atoms with Gasteiger partial charge in [0, 0.05) is 6.04 Å². The molecule has 1 amide bonds. The zero-order chi connectivity index (χ0) is 16.7. The van der Waals surface area contributed by atoms with Gasteiger partial charge in [-0.05, 0) is 44.2 Å². The van der Waals surface area contributed by atoms with Crippen LogP contribution in [0.3, 0.4) is 0 Å². The van der Waals surface area contributed by atoms with Crippen LogP contribution in [0.2, 0.25) is 5.02 Å². The molecule has 0 aromatic heterocycles. The summed E-state index contributed by atoms with van der Waals surface area (Å²) < 4.78 is 27.8. The van der Waals surface area contributed by atoms with Crippen molar-refractivity contribution < 1.29 is 13.6 Å². The van der Waals surface area contributed by atoms with Gasteiger partial charge >= 0.3 is 0 Å². The Kier molecular flexibility index (Phi) is 3.98. The highest BCUT2D eigenvalue weighted by Gasteiger charge is 2.34. The fourth-order valence-corrected chi connectivity index (χ4v) is 2.99. The summed E-state index contributed by atoms with van der Waals surface area (Å²) in [6.45, 7) is 4.05. The molecule has 0 spiro atoms. The molecule has 1 heterocycles. The van der Waals surface area contributed by atoms with E-state index >= 15 is 0 Å². The number of hydrogen-bond donors (Lipinski definition) is 0. The number of halogens is 3. The van der Waals surface area contributed by atoms with E-state index < -0.39 is 17.5 Å². The normalized spacial score (nSPS) is 14.4. The highest BCUT2D eigenvalue weighted by atomic mass is 35.5. The van der Waals surface area contributed by atoms with Gasteiger partial charge in [-0.3, -0.25) is 9.69 Å². The molecule has 2 aromatic carbocycles. The Labute approximate surface area is 138 Å². The first-order chi connectivity index (χ1) is 10.9. The predicted octanol–water partition coefficient (Wildman–Crippen LogP) is 4.45. The molecule has 120 valence electrons. The van der Waals surface area contributed by atoms with Gasteiger partial charge in [-0.15, -0.1) is 0 Å². The van der Waals surface area contributed by atoms with Gasteiger partial charge in [0.1, 0.15) is 17.3 Å². The number of benzene rings is 2. The molecule has 0 bridgehead atoms. The lowest BCUT2D eigenvalue weighted by molar-refractivity contribution is 0.0980. The summed E-state index contributed by atoms with van der Waals surface area (Å²) in [6.07, 6.45) is 0. The lowest BCUT2D eigenvalue weighted by atomic mass is 10.1. The van der Waals surface area contributed by atoms with E-state index in [0.717, 1.165) is 0 Å². The van der Waals surface area contributed by atoms with Crippen molar-refractivity contribution in [3.63, 3.8) is 0 Å². The second-order valence-corrected chi connectivity index (χ2v) is 6.08. The molecule has 0 unspecified atom stereocenters. The van der Waals surface area contributed by atoms with E-state index in [9.17, 15) is 13.6 Å². The number of hydrogen-bond acceptors (Lipinski definition) is 2. The number of carbonyl (C=O) groups excluding carboxylic acids is 1. The molecule has 2 aromatic rings. The Morgan fingerprint density at radius 1 is 1.17 bits per heavy atom. The second-order valence-electron chi connectivity index (χ2n) is 5.67. The molecule has 1 aliphatic heterocycles. The number of fused-ring (bicyclic) bond motifs is 1. The summed E-state index contributed by atoms with van der Waals surface area (Å²) in [5, 5.41) is 0.141. The first-order valence-corrected chi connectivity index (χ1v) is 7.60. The first-order valence-electron chi connectivity index (χ1n) is 7.22. The number of rotatable bonds is 2. The fourth-order valence-electron chi connectivity index (χ4n) is 2.73. The summed E-state index contributed by atoms with van der Waals surface area (Å²) in [5.41, 5.74) is 0.846. The molecular formula is C17H15ClF2N2O. The minimum atomic E-state index is -0.589. The summed E-state index contributed by atoms with van der Waals surface area (Å²) in [6, 6.07) is 8.34. The molecule has 0 saturated heterocycles. The zero-order valence-corrected chi connectivity index (χ0v) is 13.4. The van der Waals surface area contributed by atoms with Crippen LogP contribution < -0.4 is 9.80 Å². The van der Waals surface area contributed by atoms with Crippen molar-refractivity contribution in [1.29, 1.82) is 0 Å². The minimum absolute atomic E-state index is 0.0136. The quantitative estimate of drug-likeness (QED) is 0.809. The van der Waals surface area contributed by atoms with E-state index in [4.69, 9.17) is 11.6 Å². The molecule has 0 N–H and O–H groups in total. The van der Waals surface area contributed by atoms with Gasteiger partial charge in [0.05, 0.1) is 22.9 Å². The molecule has 0 aliphatic carbocycles. The van der Waals surface area contributed by atoms with Crippen LogP contribution >= 0.6 is 11.6 Å². The Morgan fingerprint density at radius 3 is 2.57 bits per heavy atom. The third kappa shape index (κ3) is 2.65. The van der Waals surface area contributed by atoms with Crippen molar-refractivity contribution >= 4 is 28.9 Å². The second kappa shape index (κ2) is 5.81. The molecular weight excluding hydrogens is 322 g/mol.